The molecule has 0 radical (unpaired) electrons. The molecule has 1 saturated carbocycles. The molecular weight excluding hydrogens is 308 g/mol. The Morgan fingerprint density at radius 2 is 2.08 bits per heavy atom. The normalized spacial score (nSPS) is 15.2. The molecule has 7 heteroatoms. The molecule has 0 aliphatic heterocycles. The number of rotatable bonds is 6. The van der Waals surface area contributed by atoms with Crippen LogP contribution in [0.5, 0.6) is 5.75 Å². The molecule has 1 aromatic carbocycles. The molecule has 0 bridgehead atoms. The topological polar surface area (TPSA) is 89.1 Å². The van der Waals surface area contributed by atoms with Gasteiger partial charge in [-0.2, -0.15) is 4.98 Å². The van der Waals surface area contributed by atoms with Crippen molar-refractivity contribution < 1.29 is 14.3 Å². The van der Waals surface area contributed by atoms with E-state index >= 15 is 0 Å². The van der Waals surface area contributed by atoms with Gasteiger partial charge in [-0.25, -0.2) is 0 Å². The summed E-state index contributed by atoms with van der Waals surface area (Å²) in [6, 6.07) is 7.48. The van der Waals surface area contributed by atoms with Crippen molar-refractivity contribution in [3.05, 3.63) is 24.3 Å². The van der Waals surface area contributed by atoms with Crippen molar-refractivity contribution >= 4 is 11.9 Å². The van der Waals surface area contributed by atoms with E-state index in [1.165, 1.54) is 19.3 Å². The summed E-state index contributed by atoms with van der Waals surface area (Å²) in [5, 5.41) is 9.49. The summed E-state index contributed by atoms with van der Waals surface area (Å²) in [6.45, 7) is 0.0310. The molecule has 1 aliphatic rings. The van der Waals surface area contributed by atoms with Crippen molar-refractivity contribution in [2.45, 2.75) is 38.2 Å². The van der Waals surface area contributed by atoms with Crippen LogP contribution in [0, 0.1) is 0 Å². The van der Waals surface area contributed by atoms with E-state index in [0.717, 1.165) is 18.4 Å². The zero-order valence-corrected chi connectivity index (χ0v) is 13.7. The number of aromatic amines is 1. The van der Waals surface area contributed by atoms with E-state index in [9.17, 15) is 4.79 Å². The van der Waals surface area contributed by atoms with E-state index < -0.39 is 0 Å². The lowest BCUT2D eigenvalue weighted by atomic mass is 9.98. The monoisotopic (exact) mass is 330 g/mol. The SMILES string of the molecule is COc1ccccc1-c1nc(NC(=O)COC2CCCCC2)n[nH]1. The molecule has 2 N–H and O–H groups in total. The smallest absolute Gasteiger partial charge is 0.252 e. The number of hydrogen-bond donors (Lipinski definition) is 2. The highest BCUT2D eigenvalue weighted by Crippen LogP contribution is 2.27. The third kappa shape index (κ3) is 4.11. The van der Waals surface area contributed by atoms with E-state index in [1.807, 2.05) is 24.3 Å². The molecule has 7 nitrogen and oxygen atoms in total. The van der Waals surface area contributed by atoms with Crippen LogP contribution in [0.2, 0.25) is 0 Å². The van der Waals surface area contributed by atoms with Gasteiger partial charge in [0.15, 0.2) is 5.82 Å². The van der Waals surface area contributed by atoms with Gasteiger partial charge in [0.2, 0.25) is 5.95 Å². The number of amides is 1. The van der Waals surface area contributed by atoms with Crippen molar-refractivity contribution in [3.63, 3.8) is 0 Å². The van der Waals surface area contributed by atoms with Crippen LogP contribution in [-0.4, -0.2) is 40.9 Å². The van der Waals surface area contributed by atoms with Crippen LogP contribution >= 0.6 is 0 Å². The highest BCUT2D eigenvalue weighted by Gasteiger charge is 2.16. The van der Waals surface area contributed by atoms with Gasteiger partial charge < -0.3 is 9.47 Å². The number of carbonyl (C=O) groups excluding carboxylic acids is 1. The van der Waals surface area contributed by atoms with Gasteiger partial charge in [0, 0.05) is 0 Å². The van der Waals surface area contributed by atoms with Crippen LogP contribution in [-0.2, 0) is 9.53 Å². The number of ether oxygens (including phenoxy) is 2. The third-order valence-corrected chi connectivity index (χ3v) is 4.10. The number of nitrogens with one attached hydrogen (secondary N) is 2. The molecule has 1 aliphatic carbocycles. The minimum Gasteiger partial charge on any atom is -0.496 e. The van der Waals surface area contributed by atoms with E-state index in [2.05, 4.69) is 20.5 Å². The third-order valence-electron chi connectivity index (χ3n) is 4.10. The molecule has 1 heterocycles. The highest BCUT2D eigenvalue weighted by molar-refractivity contribution is 5.90. The summed E-state index contributed by atoms with van der Waals surface area (Å²) in [4.78, 5) is 16.3. The molecule has 0 unspecified atom stereocenters. The summed E-state index contributed by atoms with van der Waals surface area (Å²) in [6.07, 6.45) is 5.87. The maximum absolute atomic E-state index is 12.0. The molecule has 0 saturated heterocycles. The van der Waals surface area contributed by atoms with Gasteiger partial charge in [-0.1, -0.05) is 31.4 Å². The van der Waals surface area contributed by atoms with Crippen molar-refractivity contribution in [1.29, 1.82) is 0 Å². The zero-order chi connectivity index (χ0) is 16.8. The largest absolute Gasteiger partial charge is 0.496 e. The Kier molecular flexibility index (Phi) is 5.43. The number of carbonyl (C=O) groups is 1. The lowest BCUT2D eigenvalue weighted by molar-refractivity contribution is -0.123. The Balaban J connectivity index is 1.56. The molecule has 2 aromatic rings. The van der Waals surface area contributed by atoms with Crippen molar-refractivity contribution in [3.8, 4) is 17.1 Å². The average Bonchev–Trinajstić information content (AvgIpc) is 3.09. The summed E-state index contributed by atoms with van der Waals surface area (Å²) in [7, 11) is 1.60. The van der Waals surface area contributed by atoms with Crippen molar-refractivity contribution in [2.24, 2.45) is 0 Å². The van der Waals surface area contributed by atoms with E-state index in [0.29, 0.717) is 11.6 Å². The van der Waals surface area contributed by atoms with Crippen LogP contribution in [0.15, 0.2) is 24.3 Å². The molecule has 1 fully saturated rings. The van der Waals surface area contributed by atoms with Gasteiger partial charge >= 0.3 is 0 Å². The second-order valence-corrected chi connectivity index (χ2v) is 5.83. The Hall–Kier alpha value is -2.41. The first-order valence-corrected chi connectivity index (χ1v) is 8.23. The van der Waals surface area contributed by atoms with Crippen LogP contribution in [0.4, 0.5) is 5.95 Å². The molecule has 1 amide bonds. The number of anilines is 1. The first-order chi connectivity index (χ1) is 11.8. The lowest BCUT2D eigenvalue weighted by Gasteiger charge is -2.21. The minimum absolute atomic E-state index is 0.0310. The molecule has 128 valence electrons. The Morgan fingerprint density at radius 3 is 2.88 bits per heavy atom. The average molecular weight is 330 g/mol. The Labute approximate surface area is 140 Å². The predicted molar refractivity (Wildman–Crippen MR) is 89.8 cm³/mol. The maximum atomic E-state index is 12.0. The first kappa shape index (κ1) is 16.4. The van der Waals surface area contributed by atoms with Crippen LogP contribution in [0.25, 0.3) is 11.4 Å². The van der Waals surface area contributed by atoms with Gasteiger partial charge in [0.05, 0.1) is 18.8 Å². The summed E-state index contributed by atoms with van der Waals surface area (Å²) in [5.74, 6) is 1.21. The molecule has 0 atom stereocenters. The second kappa shape index (κ2) is 7.92. The number of hydrogen-bond acceptors (Lipinski definition) is 5. The summed E-state index contributed by atoms with van der Waals surface area (Å²) < 4.78 is 10.9. The number of benzene rings is 1. The number of aromatic nitrogens is 3. The standard InChI is InChI=1S/C17H22N4O3/c1-23-14-10-6-5-9-13(14)16-19-17(21-20-16)18-15(22)11-24-12-7-3-2-4-8-12/h5-6,9-10,12H,2-4,7-8,11H2,1H3,(H2,18,19,20,21,22). The molecule has 0 spiro atoms. The maximum Gasteiger partial charge on any atom is 0.252 e. The number of methoxy groups -OCH3 is 1. The van der Waals surface area contributed by atoms with Gasteiger partial charge in [0.1, 0.15) is 12.4 Å². The quantitative estimate of drug-likeness (QED) is 0.850. The fraction of sp³-hybridized carbons (Fsp3) is 0.471. The van der Waals surface area contributed by atoms with Gasteiger partial charge in [-0.05, 0) is 25.0 Å². The number of H-pyrrole nitrogens is 1. The molecule has 3 rings (SSSR count). The number of nitrogens with zero attached hydrogens (tertiary/aromatic N) is 2. The number of para-hydroxylation sites is 1. The lowest BCUT2D eigenvalue weighted by Crippen LogP contribution is -2.25. The van der Waals surface area contributed by atoms with Gasteiger partial charge in [-0.15, -0.1) is 5.10 Å². The second-order valence-electron chi connectivity index (χ2n) is 5.83. The van der Waals surface area contributed by atoms with Crippen LogP contribution in [0.1, 0.15) is 32.1 Å². The van der Waals surface area contributed by atoms with E-state index in [1.54, 1.807) is 7.11 Å². The van der Waals surface area contributed by atoms with Gasteiger partial charge in [0.25, 0.3) is 5.91 Å². The summed E-state index contributed by atoms with van der Waals surface area (Å²) >= 11 is 0. The molecule has 24 heavy (non-hydrogen) atoms. The van der Waals surface area contributed by atoms with Crippen LogP contribution in [0.3, 0.4) is 0 Å². The minimum atomic E-state index is -0.244. The van der Waals surface area contributed by atoms with Gasteiger partial charge in [-0.3, -0.25) is 15.2 Å². The fourth-order valence-corrected chi connectivity index (χ4v) is 2.86. The fourth-order valence-electron chi connectivity index (χ4n) is 2.86. The van der Waals surface area contributed by atoms with E-state index in [4.69, 9.17) is 9.47 Å². The van der Waals surface area contributed by atoms with Crippen molar-refractivity contribution in [1.82, 2.24) is 15.2 Å². The van der Waals surface area contributed by atoms with Crippen molar-refractivity contribution in [2.75, 3.05) is 19.0 Å². The first-order valence-electron chi connectivity index (χ1n) is 8.23. The van der Waals surface area contributed by atoms with Crippen LogP contribution < -0.4 is 10.1 Å². The molecular formula is C17H22N4O3. The summed E-state index contributed by atoms with van der Waals surface area (Å²) in [5.41, 5.74) is 0.784. The Bertz CT molecular complexity index is 680. The Morgan fingerprint density at radius 1 is 1.29 bits per heavy atom. The predicted octanol–water partition coefficient (Wildman–Crippen LogP) is 2.77. The zero-order valence-electron chi connectivity index (χ0n) is 13.7. The molecule has 1 aromatic heterocycles. The highest BCUT2D eigenvalue weighted by atomic mass is 16.5. The van der Waals surface area contributed by atoms with E-state index in [-0.39, 0.29) is 24.6 Å².